The van der Waals surface area contributed by atoms with E-state index in [1.165, 1.54) is 0 Å². The highest BCUT2D eigenvalue weighted by Gasteiger charge is 2.06. The van der Waals surface area contributed by atoms with Crippen molar-refractivity contribution in [1.29, 1.82) is 0 Å². The van der Waals surface area contributed by atoms with Crippen LogP contribution in [0.1, 0.15) is 5.82 Å². The molecule has 0 saturated carbocycles. The number of hydrogen-bond donors (Lipinski definition) is 2. The highest BCUT2D eigenvalue weighted by Crippen LogP contribution is 2.29. The van der Waals surface area contributed by atoms with Gasteiger partial charge in [0.05, 0.1) is 17.8 Å². The first-order valence-corrected chi connectivity index (χ1v) is 8.28. The molecule has 0 aliphatic rings. The molecule has 7 heteroatoms. The lowest BCUT2D eigenvalue weighted by Gasteiger charge is -2.12. The van der Waals surface area contributed by atoms with Crippen molar-refractivity contribution in [2.24, 2.45) is 0 Å². The van der Waals surface area contributed by atoms with Gasteiger partial charge in [-0.3, -0.25) is 0 Å². The van der Waals surface area contributed by atoms with Crippen molar-refractivity contribution < 1.29 is 4.74 Å². The van der Waals surface area contributed by atoms with E-state index >= 15 is 0 Å². The third-order valence-corrected chi connectivity index (χ3v) is 3.92. The molecule has 0 amide bonds. The number of nitrogens with one attached hydrogen (secondary N) is 2. The van der Waals surface area contributed by atoms with Crippen molar-refractivity contribution in [3.63, 3.8) is 0 Å². The average Bonchev–Trinajstić information content (AvgIpc) is 2.57. The maximum atomic E-state index is 6.20. The quantitative estimate of drug-likeness (QED) is 0.609. The Kier molecular flexibility index (Phi) is 5.26. The standard InChI is InChI=1S/C18H16Cl2N4O/c1-11-21-17(23-13-4-3-5-14(9-13)25-2)10-18(22-11)24-16-7-6-12(19)8-15(16)20/h3-10H,1-2H3,(H2,21,22,23,24). The molecule has 1 aromatic heterocycles. The molecule has 25 heavy (non-hydrogen) atoms. The van der Waals surface area contributed by atoms with Crippen molar-refractivity contribution in [1.82, 2.24) is 9.97 Å². The van der Waals surface area contributed by atoms with Gasteiger partial charge in [0.1, 0.15) is 23.2 Å². The van der Waals surface area contributed by atoms with Crippen LogP contribution in [0.3, 0.4) is 0 Å². The first kappa shape index (κ1) is 17.3. The predicted molar refractivity (Wildman–Crippen MR) is 103 cm³/mol. The van der Waals surface area contributed by atoms with Crippen LogP contribution in [0.15, 0.2) is 48.5 Å². The second kappa shape index (κ2) is 7.59. The molecular weight excluding hydrogens is 359 g/mol. The van der Waals surface area contributed by atoms with Gasteiger partial charge in [-0.05, 0) is 37.3 Å². The number of aromatic nitrogens is 2. The summed E-state index contributed by atoms with van der Waals surface area (Å²) in [5.74, 6) is 2.68. The normalized spacial score (nSPS) is 10.4. The minimum absolute atomic E-state index is 0.520. The monoisotopic (exact) mass is 374 g/mol. The molecule has 1 heterocycles. The fraction of sp³-hybridized carbons (Fsp3) is 0.111. The molecule has 0 radical (unpaired) electrons. The number of nitrogens with zero attached hydrogens (tertiary/aromatic N) is 2. The SMILES string of the molecule is COc1cccc(Nc2cc(Nc3ccc(Cl)cc3Cl)nc(C)n2)c1. The highest BCUT2D eigenvalue weighted by atomic mass is 35.5. The summed E-state index contributed by atoms with van der Waals surface area (Å²) in [5.41, 5.74) is 1.59. The van der Waals surface area contributed by atoms with Crippen molar-refractivity contribution >= 4 is 46.2 Å². The van der Waals surface area contributed by atoms with Crippen molar-refractivity contribution in [2.75, 3.05) is 17.7 Å². The van der Waals surface area contributed by atoms with Gasteiger partial charge in [0.2, 0.25) is 0 Å². The van der Waals surface area contributed by atoms with E-state index in [1.54, 1.807) is 31.4 Å². The molecule has 3 rings (SSSR count). The van der Waals surface area contributed by atoms with Gasteiger partial charge < -0.3 is 15.4 Å². The van der Waals surface area contributed by atoms with Crippen LogP contribution in [0.4, 0.5) is 23.0 Å². The van der Waals surface area contributed by atoms with Gasteiger partial charge in [0.15, 0.2) is 0 Å². The summed E-state index contributed by atoms with van der Waals surface area (Å²) in [6, 6.07) is 14.7. The Morgan fingerprint density at radius 2 is 1.68 bits per heavy atom. The maximum absolute atomic E-state index is 6.20. The van der Waals surface area contributed by atoms with Crippen LogP contribution in [0, 0.1) is 6.92 Å². The molecule has 0 saturated heterocycles. The Labute approximate surface area is 156 Å². The molecule has 128 valence electrons. The summed E-state index contributed by atoms with van der Waals surface area (Å²) in [6.07, 6.45) is 0. The topological polar surface area (TPSA) is 59.1 Å². The van der Waals surface area contributed by atoms with Gasteiger partial charge >= 0.3 is 0 Å². The Hall–Kier alpha value is -2.50. The van der Waals surface area contributed by atoms with Crippen molar-refractivity contribution in [3.05, 3.63) is 64.4 Å². The summed E-state index contributed by atoms with van der Waals surface area (Å²) >= 11 is 12.1. The predicted octanol–water partition coefficient (Wildman–Crippen LogP) is 5.59. The Bertz CT molecular complexity index is 902. The second-order valence-electron chi connectivity index (χ2n) is 5.29. The Balaban J connectivity index is 1.84. The lowest BCUT2D eigenvalue weighted by atomic mass is 10.3. The molecule has 0 spiro atoms. The van der Waals surface area contributed by atoms with Gasteiger partial charge in [0, 0.05) is 22.8 Å². The van der Waals surface area contributed by atoms with Crippen LogP contribution in [-0.4, -0.2) is 17.1 Å². The molecule has 3 aromatic rings. The molecule has 2 aromatic carbocycles. The van der Waals surface area contributed by atoms with Crippen molar-refractivity contribution in [3.8, 4) is 5.75 Å². The average molecular weight is 375 g/mol. The van der Waals surface area contributed by atoms with Gasteiger partial charge in [0.25, 0.3) is 0 Å². The van der Waals surface area contributed by atoms with Crippen molar-refractivity contribution in [2.45, 2.75) is 6.92 Å². The first-order valence-electron chi connectivity index (χ1n) is 7.52. The minimum atomic E-state index is 0.520. The van der Waals surface area contributed by atoms with Crippen LogP contribution in [-0.2, 0) is 0 Å². The smallest absolute Gasteiger partial charge is 0.136 e. The van der Waals surface area contributed by atoms with E-state index in [9.17, 15) is 0 Å². The zero-order valence-corrected chi connectivity index (χ0v) is 15.2. The summed E-state index contributed by atoms with van der Waals surface area (Å²) in [4.78, 5) is 8.80. The molecule has 5 nitrogen and oxygen atoms in total. The molecular formula is C18H16Cl2N4O. The van der Waals surface area contributed by atoms with Crippen LogP contribution >= 0.6 is 23.2 Å². The number of hydrogen-bond acceptors (Lipinski definition) is 5. The summed E-state index contributed by atoms with van der Waals surface area (Å²) in [6.45, 7) is 1.82. The highest BCUT2D eigenvalue weighted by molar-refractivity contribution is 6.36. The van der Waals surface area contributed by atoms with Crippen LogP contribution in [0.2, 0.25) is 10.0 Å². The zero-order valence-electron chi connectivity index (χ0n) is 13.7. The molecule has 0 unspecified atom stereocenters. The number of benzene rings is 2. The number of anilines is 4. The van der Waals surface area contributed by atoms with Crippen LogP contribution < -0.4 is 15.4 Å². The summed E-state index contributed by atoms with van der Waals surface area (Å²) in [5, 5.41) is 7.52. The van der Waals surface area contributed by atoms with Gasteiger partial charge in [-0.2, -0.15) is 0 Å². The minimum Gasteiger partial charge on any atom is -0.497 e. The molecule has 0 aliphatic carbocycles. The lowest BCUT2D eigenvalue weighted by Crippen LogP contribution is -2.02. The zero-order chi connectivity index (χ0) is 17.8. The van der Waals surface area contributed by atoms with Gasteiger partial charge in [-0.25, -0.2) is 9.97 Å². The summed E-state index contributed by atoms with van der Waals surface area (Å²) in [7, 11) is 1.63. The number of aryl methyl sites for hydroxylation is 1. The summed E-state index contributed by atoms with van der Waals surface area (Å²) < 4.78 is 5.23. The fourth-order valence-electron chi connectivity index (χ4n) is 2.27. The van der Waals surface area contributed by atoms with E-state index in [0.29, 0.717) is 27.5 Å². The molecule has 0 bridgehead atoms. The lowest BCUT2D eigenvalue weighted by molar-refractivity contribution is 0.415. The number of methoxy groups -OCH3 is 1. The van der Waals surface area contributed by atoms with E-state index in [4.69, 9.17) is 27.9 Å². The van der Waals surface area contributed by atoms with Gasteiger partial charge in [-0.15, -0.1) is 0 Å². The van der Waals surface area contributed by atoms with E-state index in [1.807, 2.05) is 31.2 Å². The van der Waals surface area contributed by atoms with Gasteiger partial charge in [-0.1, -0.05) is 29.3 Å². The third kappa shape index (κ3) is 4.53. The second-order valence-corrected chi connectivity index (χ2v) is 6.14. The first-order chi connectivity index (χ1) is 12.0. The van der Waals surface area contributed by atoms with E-state index in [2.05, 4.69) is 20.6 Å². The maximum Gasteiger partial charge on any atom is 0.136 e. The molecule has 0 fully saturated rings. The molecule has 2 N–H and O–H groups in total. The van der Waals surface area contributed by atoms with Crippen LogP contribution in [0.25, 0.3) is 0 Å². The number of halogens is 2. The molecule has 0 aliphatic heterocycles. The number of rotatable bonds is 5. The van der Waals surface area contributed by atoms with E-state index in [-0.39, 0.29) is 0 Å². The largest absolute Gasteiger partial charge is 0.497 e. The molecule has 0 atom stereocenters. The van der Waals surface area contributed by atoms with E-state index < -0.39 is 0 Å². The number of ether oxygens (including phenoxy) is 1. The Morgan fingerprint density at radius 3 is 2.40 bits per heavy atom. The third-order valence-electron chi connectivity index (χ3n) is 3.37. The fourth-order valence-corrected chi connectivity index (χ4v) is 2.73. The van der Waals surface area contributed by atoms with E-state index in [0.717, 1.165) is 17.1 Å². The van der Waals surface area contributed by atoms with Crippen LogP contribution in [0.5, 0.6) is 5.75 Å². The Morgan fingerprint density at radius 1 is 0.920 bits per heavy atom.